The lowest BCUT2D eigenvalue weighted by atomic mass is 10.4. The van der Waals surface area contributed by atoms with Crippen LogP contribution >= 0.6 is 9.24 Å². The van der Waals surface area contributed by atoms with E-state index in [-0.39, 0.29) is 11.6 Å². The molecule has 2 atom stereocenters. The Labute approximate surface area is 51.4 Å². The molecule has 1 heterocycles. The number of likely N-dealkylation sites (tertiary alicyclic amines) is 1. The maximum atomic E-state index is 10.8. The molecule has 3 heteroatoms. The van der Waals surface area contributed by atoms with E-state index in [1.807, 2.05) is 7.05 Å². The van der Waals surface area contributed by atoms with Gasteiger partial charge in [0.05, 0.1) is 5.66 Å². The topological polar surface area (TPSA) is 20.3 Å². The molecule has 1 rings (SSSR count). The van der Waals surface area contributed by atoms with E-state index in [1.165, 1.54) is 0 Å². The minimum Gasteiger partial charge on any atom is -0.345 e. The van der Waals surface area contributed by atoms with Crippen molar-refractivity contribution in [3.05, 3.63) is 0 Å². The van der Waals surface area contributed by atoms with Crippen LogP contribution in [0.3, 0.4) is 0 Å². The second-order valence-electron chi connectivity index (χ2n) is 2.15. The van der Waals surface area contributed by atoms with Crippen LogP contribution in [-0.2, 0) is 4.79 Å². The first kappa shape index (κ1) is 6.03. The quantitative estimate of drug-likeness (QED) is 0.427. The van der Waals surface area contributed by atoms with E-state index >= 15 is 0 Å². The summed E-state index contributed by atoms with van der Waals surface area (Å²) < 4.78 is 0. The van der Waals surface area contributed by atoms with Crippen molar-refractivity contribution in [1.29, 1.82) is 0 Å². The molecule has 0 aromatic carbocycles. The maximum Gasteiger partial charge on any atom is 0.229 e. The number of hydrogen-bond donors (Lipinski definition) is 0. The molecule has 8 heavy (non-hydrogen) atoms. The van der Waals surface area contributed by atoms with E-state index in [4.69, 9.17) is 0 Å². The SMILES string of the molecule is CN1CCC(P)C1=O. The smallest absolute Gasteiger partial charge is 0.229 e. The number of amides is 1. The molecule has 1 saturated heterocycles. The lowest BCUT2D eigenvalue weighted by molar-refractivity contribution is -0.126. The minimum absolute atomic E-state index is 0.194. The summed E-state index contributed by atoms with van der Waals surface area (Å²) in [5.74, 6) is 0.259. The Hall–Kier alpha value is -0.100. The van der Waals surface area contributed by atoms with Gasteiger partial charge in [-0.05, 0) is 6.42 Å². The standard InChI is InChI=1S/C5H10NOP/c1-6-3-2-4(8)5(6)7/h4H,2-3,8H2,1H3. The number of carbonyl (C=O) groups excluding carboxylic acids is 1. The summed E-state index contributed by atoms with van der Waals surface area (Å²) >= 11 is 0. The Bertz CT molecular complexity index is 103. The third-order valence-corrected chi connectivity index (χ3v) is 2.09. The highest BCUT2D eigenvalue weighted by atomic mass is 31.0. The molecule has 0 aromatic heterocycles. The van der Waals surface area contributed by atoms with Crippen LogP contribution in [0.15, 0.2) is 0 Å². The Balaban J connectivity index is 2.57. The van der Waals surface area contributed by atoms with Crippen LogP contribution in [0.1, 0.15) is 6.42 Å². The van der Waals surface area contributed by atoms with Gasteiger partial charge in [0.1, 0.15) is 0 Å². The van der Waals surface area contributed by atoms with Gasteiger partial charge in [-0.1, -0.05) is 0 Å². The zero-order valence-electron chi connectivity index (χ0n) is 4.92. The normalized spacial score (nSPS) is 29.5. The first-order valence-electron chi connectivity index (χ1n) is 2.72. The van der Waals surface area contributed by atoms with Crippen LogP contribution in [0.5, 0.6) is 0 Å². The van der Waals surface area contributed by atoms with Gasteiger partial charge in [-0.2, -0.15) is 0 Å². The zero-order chi connectivity index (χ0) is 6.15. The van der Waals surface area contributed by atoms with E-state index in [9.17, 15) is 4.79 Å². The van der Waals surface area contributed by atoms with Crippen molar-refractivity contribution >= 4 is 15.1 Å². The lowest BCUT2D eigenvalue weighted by Gasteiger charge is -2.05. The third kappa shape index (κ3) is 0.851. The first-order chi connectivity index (χ1) is 3.72. The maximum absolute atomic E-state index is 10.8. The average Bonchev–Trinajstić information content (AvgIpc) is 1.98. The van der Waals surface area contributed by atoms with Crippen molar-refractivity contribution in [1.82, 2.24) is 4.90 Å². The molecule has 0 aliphatic carbocycles. The second kappa shape index (κ2) is 2.02. The Kier molecular flexibility index (Phi) is 1.52. The fraction of sp³-hybridized carbons (Fsp3) is 0.800. The van der Waals surface area contributed by atoms with Crippen molar-refractivity contribution in [2.24, 2.45) is 0 Å². The fourth-order valence-electron chi connectivity index (χ4n) is 0.849. The molecule has 0 saturated carbocycles. The molecule has 0 aromatic rings. The first-order valence-corrected chi connectivity index (χ1v) is 3.39. The van der Waals surface area contributed by atoms with Gasteiger partial charge in [0.2, 0.25) is 5.91 Å². The number of rotatable bonds is 0. The van der Waals surface area contributed by atoms with Crippen molar-refractivity contribution in [3.63, 3.8) is 0 Å². The average molecular weight is 131 g/mol. The summed E-state index contributed by atoms with van der Waals surface area (Å²) in [7, 11) is 4.38. The molecule has 1 aliphatic heterocycles. The molecule has 1 aliphatic rings. The number of nitrogens with zero attached hydrogens (tertiary/aromatic N) is 1. The van der Waals surface area contributed by atoms with Crippen LogP contribution in [-0.4, -0.2) is 30.1 Å². The summed E-state index contributed by atoms with van der Waals surface area (Å²) in [5.41, 5.74) is 0.194. The van der Waals surface area contributed by atoms with Crippen molar-refractivity contribution < 1.29 is 4.79 Å². The van der Waals surface area contributed by atoms with Gasteiger partial charge in [-0.3, -0.25) is 4.79 Å². The highest BCUT2D eigenvalue weighted by Gasteiger charge is 2.24. The molecule has 0 radical (unpaired) electrons. The second-order valence-corrected chi connectivity index (χ2v) is 2.96. The largest absolute Gasteiger partial charge is 0.345 e. The van der Waals surface area contributed by atoms with Crippen molar-refractivity contribution in [3.8, 4) is 0 Å². The lowest BCUT2D eigenvalue weighted by Crippen LogP contribution is -2.22. The molecule has 0 spiro atoms. The fourth-order valence-corrected chi connectivity index (χ4v) is 1.25. The Morgan fingerprint density at radius 2 is 2.50 bits per heavy atom. The molecule has 0 bridgehead atoms. The summed E-state index contributed by atoms with van der Waals surface area (Å²) in [5, 5.41) is 0. The van der Waals surface area contributed by atoms with E-state index in [1.54, 1.807) is 4.90 Å². The van der Waals surface area contributed by atoms with Gasteiger partial charge in [-0.25, -0.2) is 0 Å². The van der Waals surface area contributed by atoms with E-state index < -0.39 is 0 Å². The predicted molar refractivity (Wildman–Crippen MR) is 35.8 cm³/mol. The summed E-state index contributed by atoms with van der Waals surface area (Å²) in [6, 6.07) is 0. The van der Waals surface area contributed by atoms with E-state index in [0.717, 1.165) is 13.0 Å². The Morgan fingerprint density at radius 3 is 2.62 bits per heavy atom. The van der Waals surface area contributed by atoms with Crippen LogP contribution in [0.4, 0.5) is 0 Å². The monoisotopic (exact) mass is 131 g/mol. The molecule has 2 unspecified atom stereocenters. The van der Waals surface area contributed by atoms with Crippen LogP contribution in [0.2, 0.25) is 0 Å². The predicted octanol–water partition coefficient (Wildman–Crippen LogP) is 0.0922. The highest BCUT2D eigenvalue weighted by Crippen LogP contribution is 2.15. The van der Waals surface area contributed by atoms with Crippen LogP contribution in [0, 0.1) is 0 Å². The summed E-state index contributed by atoms with van der Waals surface area (Å²) in [6.45, 7) is 0.924. The van der Waals surface area contributed by atoms with Gasteiger partial charge < -0.3 is 4.90 Å². The number of hydrogen-bond acceptors (Lipinski definition) is 1. The third-order valence-electron chi connectivity index (χ3n) is 1.47. The summed E-state index contributed by atoms with van der Waals surface area (Å²) in [4.78, 5) is 12.6. The molecule has 1 fully saturated rings. The van der Waals surface area contributed by atoms with Gasteiger partial charge in [0.15, 0.2) is 0 Å². The van der Waals surface area contributed by atoms with Crippen molar-refractivity contribution in [2.45, 2.75) is 12.1 Å². The van der Waals surface area contributed by atoms with Gasteiger partial charge in [0.25, 0.3) is 0 Å². The van der Waals surface area contributed by atoms with Crippen molar-refractivity contribution in [2.75, 3.05) is 13.6 Å². The van der Waals surface area contributed by atoms with Gasteiger partial charge in [0, 0.05) is 13.6 Å². The van der Waals surface area contributed by atoms with Gasteiger partial charge >= 0.3 is 0 Å². The molecule has 0 N–H and O–H groups in total. The Morgan fingerprint density at radius 1 is 1.88 bits per heavy atom. The molecule has 1 amide bonds. The van der Waals surface area contributed by atoms with E-state index in [0.29, 0.717) is 0 Å². The molecular formula is C5H10NOP. The molecule has 46 valence electrons. The van der Waals surface area contributed by atoms with Gasteiger partial charge in [-0.15, -0.1) is 9.24 Å². The molecule has 2 nitrogen and oxygen atoms in total. The highest BCUT2D eigenvalue weighted by molar-refractivity contribution is 7.19. The van der Waals surface area contributed by atoms with Crippen LogP contribution < -0.4 is 0 Å². The van der Waals surface area contributed by atoms with E-state index in [2.05, 4.69) is 9.24 Å². The minimum atomic E-state index is 0.194. The summed E-state index contributed by atoms with van der Waals surface area (Å²) in [6.07, 6.45) is 1.00. The molecular weight excluding hydrogens is 121 g/mol. The number of carbonyl (C=O) groups is 1. The zero-order valence-corrected chi connectivity index (χ0v) is 6.08. The van der Waals surface area contributed by atoms with Crippen LogP contribution in [0.25, 0.3) is 0 Å².